The maximum Gasteiger partial charge on any atom is 0.162 e. The van der Waals surface area contributed by atoms with Crippen molar-refractivity contribution < 1.29 is 19.3 Å². The van der Waals surface area contributed by atoms with Gasteiger partial charge in [-0.3, -0.25) is 4.90 Å². The van der Waals surface area contributed by atoms with Gasteiger partial charge in [0, 0.05) is 24.7 Å². The van der Waals surface area contributed by atoms with E-state index < -0.39 is 0 Å². The van der Waals surface area contributed by atoms with Crippen LogP contribution in [0.15, 0.2) is 84.9 Å². The van der Waals surface area contributed by atoms with Crippen LogP contribution in [0.25, 0.3) is 0 Å². The Morgan fingerprint density at radius 1 is 0.784 bits per heavy atom. The van der Waals surface area contributed by atoms with Crippen molar-refractivity contribution in [2.45, 2.75) is 38.6 Å². The Kier molecular flexibility index (Phi) is 6.46. The SMILES string of the molecule is COc1cc2c(cc1OCc1ccccc1)[C@H]1Cc3ccc(OCc4ccccc4)c(O)c3CN1CC2. The number of benzene rings is 4. The van der Waals surface area contributed by atoms with Crippen molar-refractivity contribution in [3.63, 3.8) is 0 Å². The van der Waals surface area contributed by atoms with Crippen molar-refractivity contribution >= 4 is 0 Å². The Balaban J connectivity index is 1.24. The Labute approximate surface area is 217 Å². The highest BCUT2D eigenvalue weighted by molar-refractivity contribution is 5.54. The lowest BCUT2D eigenvalue weighted by Crippen LogP contribution is -2.39. The smallest absolute Gasteiger partial charge is 0.162 e. The Morgan fingerprint density at radius 3 is 2.14 bits per heavy atom. The van der Waals surface area contributed by atoms with Crippen LogP contribution in [0, 0.1) is 0 Å². The zero-order valence-corrected chi connectivity index (χ0v) is 21.0. The molecule has 0 unspecified atom stereocenters. The molecule has 2 aliphatic rings. The fourth-order valence-electron chi connectivity index (χ4n) is 5.48. The van der Waals surface area contributed by atoms with Crippen LogP contribution in [0.5, 0.6) is 23.0 Å². The molecule has 0 fully saturated rings. The summed E-state index contributed by atoms with van der Waals surface area (Å²) >= 11 is 0. The van der Waals surface area contributed by atoms with E-state index in [9.17, 15) is 5.11 Å². The molecule has 1 N–H and O–H groups in total. The second-order valence-corrected chi connectivity index (χ2v) is 9.74. The molecule has 4 aromatic carbocycles. The van der Waals surface area contributed by atoms with Crippen molar-refractivity contribution in [2.75, 3.05) is 13.7 Å². The Morgan fingerprint density at radius 2 is 1.46 bits per heavy atom. The minimum Gasteiger partial charge on any atom is -0.504 e. The van der Waals surface area contributed by atoms with Crippen molar-refractivity contribution in [2.24, 2.45) is 0 Å². The first kappa shape index (κ1) is 23.4. The summed E-state index contributed by atoms with van der Waals surface area (Å²) < 4.78 is 17.9. The number of fused-ring (bicyclic) bond motifs is 4. The Hall–Kier alpha value is -3.96. The highest BCUT2D eigenvalue weighted by atomic mass is 16.5. The van der Waals surface area contributed by atoms with Crippen LogP contribution in [0.3, 0.4) is 0 Å². The first-order valence-corrected chi connectivity index (χ1v) is 12.8. The topological polar surface area (TPSA) is 51.2 Å². The number of aromatic hydroxyl groups is 1. The van der Waals surface area contributed by atoms with Crippen molar-refractivity contribution in [3.8, 4) is 23.0 Å². The van der Waals surface area contributed by atoms with Gasteiger partial charge in [0.05, 0.1) is 7.11 Å². The third kappa shape index (κ3) is 4.75. The minimum absolute atomic E-state index is 0.233. The lowest BCUT2D eigenvalue weighted by atomic mass is 9.83. The molecule has 0 aromatic heterocycles. The zero-order chi connectivity index (χ0) is 25.2. The molecule has 37 heavy (non-hydrogen) atoms. The summed E-state index contributed by atoms with van der Waals surface area (Å²) in [4.78, 5) is 2.46. The number of ether oxygens (including phenoxy) is 3. The molecule has 0 saturated heterocycles. The van der Waals surface area contributed by atoms with Gasteiger partial charge in [-0.15, -0.1) is 0 Å². The van der Waals surface area contributed by atoms with Gasteiger partial charge in [-0.25, -0.2) is 0 Å². The number of hydrogen-bond donors (Lipinski definition) is 1. The molecule has 188 valence electrons. The summed E-state index contributed by atoms with van der Waals surface area (Å²) in [5.41, 5.74) is 6.93. The molecule has 0 saturated carbocycles. The molecule has 6 rings (SSSR count). The van der Waals surface area contributed by atoms with Crippen LogP contribution in [0.2, 0.25) is 0 Å². The summed E-state index contributed by atoms with van der Waals surface area (Å²) in [6.07, 6.45) is 1.76. The van der Waals surface area contributed by atoms with Crippen LogP contribution in [0.4, 0.5) is 0 Å². The highest BCUT2D eigenvalue weighted by Gasteiger charge is 2.34. The van der Waals surface area contributed by atoms with Crippen molar-refractivity contribution in [3.05, 3.63) is 118 Å². The van der Waals surface area contributed by atoms with Gasteiger partial charge in [0.2, 0.25) is 0 Å². The molecule has 0 bridgehead atoms. The van der Waals surface area contributed by atoms with E-state index in [2.05, 4.69) is 35.2 Å². The van der Waals surface area contributed by atoms with Crippen molar-refractivity contribution in [1.29, 1.82) is 0 Å². The van der Waals surface area contributed by atoms with Crippen molar-refractivity contribution in [1.82, 2.24) is 4.90 Å². The van der Waals surface area contributed by atoms with Crippen LogP contribution >= 0.6 is 0 Å². The van der Waals surface area contributed by atoms with E-state index in [1.165, 1.54) is 16.7 Å². The summed E-state index contributed by atoms with van der Waals surface area (Å²) in [7, 11) is 1.70. The fourth-order valence-corrected chi connectivity index (χ4v) is 5.48. The lowest BCUT2D eigenvalue weighted by molar-refractivity contribution is 0.156. The number of rotatable bonds is 7. The number of phenolic OH excluding ortho intramolecular Hbond substituents is 1. The van der Waals surface area contributed by atoms with Gasteiger partial charge in [0.1, 0.15) is 13.2 Å². The highest BCUT2D eigenvalue weighted by Crippen LogP contribution is 2.45. The van der Waals surface area contributed by atoms with E-state index in [0.29, 0.717) is 25.5 Å². The molecular weight excluding hydrogens is 462 g/mol. The zero-order valence-electron chi connectivity index (χ0n) is 21.0. The van der Waals surface area contributed by atoms with Gasteiger partial charge < -0.3 is 19.3 Å². The molecular formula is C32H31NO4. The van der Waals surface area contributed by atoms with E-state index in [4.69, 9.17) is 14.2 Å². The molecule has 0 aliphatic carbocycles. The van der Waals surface area contributed by atoms with Crippen LogP contribution < -0.4 is 14.2 Å². The van der Waals surface area contributed by atoms with E-state index in [1.54, 1.807) is 7.11 Å². The Bertz CT molecular complexity index is 1390. The average molecular weight is 494 g/mol. The van der Waals surface area contributed by atoms with Gasteiger partial charge >= 0.3 is 0 Å². The second kappa shape index (κ2) is 10.2. The van der Waals surface area contributed by atoms with E-state index in [0.717, 1.165) is 47.6 Å². The third-order valence-electron chi connectivity index (χ3n) is 7.49. The third-order valence-corrected chi connectivity index (χ3v) is 7.49. The molecule has 4 aromatic rings. The largest absolute Gasteiger partial charge is 0.504 e. The predicted octanol–water partition coefficient (Wildman–Crippen LogP) is 6.21. The predicted molar refractivity (Wildman–Crippen MR) is 143 cm³/mol. The molecule has 0 spiro atoms. The molecule has 5 heteroatoms. The monoisotopic (exact) mass is 493 g/mol. The minimum atomic E-state index is 0.233. The maximum atomic E-state index is 11.1. The van der Waals surface area contributed by atoms with E-state index in [-0.39, 0.29) is 11.8 Å². The molecule has 2 heterocycles. The second-order valence-electron chi connectivity index (χ2n) is 9.74. The normalized spacial score (nSPS) is 16.3. The summed E-state index contributed by atoms with van der Waals surface area (Å²) in [6, 6.07) is 28.8. The van der Waals surface area contributed by atoms with Gasteiger partial charge in [-0.2, -0.15) is 0 Å². The van der Waals surface area contributed by atoms with E-state index in [1.807, 2.05) is 54.6 Å². The standard InChI is InChI=1S/C32H31NO4/c1-35-30-17-25-14-15-33-19-27-24(12-13-29(32(27)34)36-20-22-8-4-2-5-9-22)16-28(33)26(25)18-31(30)37-21-23-10-6-3-7-11-23/h2-13,17-18,28,34H,14-16,19-21H2,1H3/t28-/m1/s1. The average Bonchev–Trinajstić information content (AvgIpc) is 2.95. The number of methoxy groups -OCH3 is 1. The van der Waals surface area contributed by atoms with Gasteiger partial charge in [0.15, 0.2) is 23.0 Å². The quantitative estimate of drug-likeness (QED) is 0.332. The number of nitrogens with zero attached hydrogens (tertiary/aromatic N) is 1. The molecule has 2 aliphatic heterocycles. The lowest BCUT2D eigenvalue weighted by Gasteiger charge is -2.42. The molecule has 1 atom stereocenters. The molecule has 0 radical (unpaired) electrons. The summed E-state index contributed by atoms with van der Waals surface area (Å²) in [6.45, 7) is 2.55. The number of phenols is 1. The summed E-state index contributed by atoms with van der Waals surface area (Å²) in [5.74, 6) is 2.35. The first-order chi connectivity index (χ1) is 18.2. The first-order valence-electron chi connectivity index (χ1n) is 12.8. The van der Waals surface area contributed by atoms with Gasteiger partial charge in [-0.1, -0.05) is 66.7 Å². The van der Waals surface area contributed by atoms with Gasteiger partial charge in [0.25, 0.3) is 0 Å². The number of hydrogen-bond acceptors (Lipinski definition) is 5. The van der Waals surface area contributed by atoms with Crippen LogP contribution in [0.1, 0.15) is 39.4 Å². The molecule has 5 nitrogen and oxygen atoms in total. The molecule has 0 amide bonds. The fraction of sp³-hybridized carbons (Fsp3) is 0.250. The maximum absolute atomic E-state index is 11.1. The summed E-state index contributed by atoms with van der Waals surface area (Å²) in [5, 5.41) is 11.1. The van der Waals surface area contributed by atoms with E-state index >= 15 is 0 Å². The van der Waals surface area contributed by atoms with Crippen LogP contribution in [-0.2, 0) is 32.6 Å². The van der Waals surface area contributed by atoms with Gasteiger partial charge in [-0.05, 0) is 58.9 Å². The van der Waals surface area contributed by atoms with Crippen LogP contribution in [-0.4, -0.2) is 23.7 Å².